The average molecular weight is 759 g/mol. The van der Waals surface area contributed by atoms with Gasteiger partial charge in [0.15, 0.2) is 0 Å². The van der Waals surface area contributed by atoms with E-state index in [1.807, 2.05) is 60.7 Å². The van der Waals surface area contributed by atoms with Crippen molar-refractivity contribution in [1.82, 2.24) is 20.3 Å². The maximum Gasteiger partial charge on any atom is 0.407 e. The number of ether oxygens (including phenoxy) is 3. The van der Waals surface area contributed by atoms with Crippen molar-refractivity contribution < 1.29 is 41.8 Å². The Labute approximate surface area is 314 Å². The molecule has 3 N–H and O–H groups in total. The van der Waals surface area contributed by atoms with Crippen molar-refractivity contribution in [3.63, 3.8) is 0 Å². The van der Waals surface area contributed by atoms with Gasteiger partial charge in [0.2, 0.25) is 21.8 Å². The Balaban J connectivity index is 1.25. The molecule has 54 heavy (non-hydrogen) atoms. The molecule has 13 nitrogen and oxygen atoms in total. The molecule has 0 radical (unpaired) electrons. The number of carbonyl (C=O) groups is 4. The SMILES string of the molecule is C=C[C@@H]1CC1(NC(=O)[C@@H]1CC2CN1C(=O)[C@H](C(C)(C)C)NC(=O)OCCCOc1cccc(c1)-c1cc3ccccc3cc1O2)C(=O)NS(=O)(=O)C1CC1. The van der Waals surface area contributed by atoms with Crippen molar-refractivity contribution >= 4 is 44.6 Å². The highest BCUT2D eigenvalue weighted by Gasteiger charge is 2.62. The van der Waals surface area contributed by atoms with E-state index < -0.39 is 74.1 Å². The molecule has 286 valence electrons. The van der Waals surface area contributed by atoms with Crippen LogP contribution in [-0.2, 0) is 29.1 Å². The Morgan fingerprint density at radius 1 is 1.00 bits per heavy atom. The fourth-order valence-electron chi connectivity index (χ4n) is 7.26. The molecule has 2 unspecified atom stereocenters. The molecule has 2 aliphatic carbocycles. The molecule has 3 aromatic carbocycles. The van der Waals surface area contributed by atoms with Crippen LogP contribution in [0.25, 0.3) is 21.9 Å². The number of alkyl carbamates (subject to hydrolysis) is 1. The molecule has 3 fully saturated rings. The molecule has 0 spiro atoms. The lowest BCUT2D eigenvalue weighted by atomic mass is 9.85. The van der Waals surface area contributed by atoms with Crippen LogP contribution < -0.4 is 24.8 Å². The summed E-state index contributed by atoms with van der Waals surface area (Å²) in [5, 5.41) is 6.82. The molecule has 0 aromatic heterocycles. The molecule has 3 aromatic rings. The van der Waals surface area contributed by atoms with Crippen LogP contribution in [0.2, 0.25) is 0 Å². The second kappa shape index (κ2) is 14.3. The lowest BCUT2D eigenvalue weighted by Crippen LogP contribution is -2.60. The van der Waals surface area contributed by atoms with Gasteiger partial charge in [0, 0.05) is 24.3 Å². The minimum Gasteiger partial charge on any atom is -0.493 e. The first kappa shape index (κ1) is 37.2. The number of hydrogen-bond donors (Lipinski definition) is 3. The van der Waals surface area contributed by atoms with E-state index in [9.17, 15) is 27.6 Å². The summed E-state index contributed by atoms with van der Waals surface area (Å²) in [5.74, 6) is -1.38. The Hall–Kier alpha value is -5.11. The Morgan fingerprint density at radius 2 is 1.72 bits per heavy atom. The zero-order valence-corrected chi connectivity index (χ0v) is 31.4. The van der Waals surface area contributed by atoms with E-state index in [0.29, 0.717) is 30.8 Å². The van der Waals surface area contributed by atoms with Crippen LogP contribution in [0, 0.1) is 11.3 Å². The summed E-state index contributed by atoms with van der Waals surface area (Å²) in [7, 11) is -3.90. The van der Waals surface area contributed by atoms with E-state index in [1.54, 1.807) is 20.8 Å². The normalized spacial score (nSPS) is 26.1. The molecule has 1 saturated heterocycles. The van der Waals surface area contributed by atoms with Crippen molar-refractivity contribution in [1.29, 1.82) is 0 Å². The Bertz CT molecular complexity index is 2110. The molecule has 7 rings (SSSR count). The zero-order chi connectivity index (χ0) is 38.4. The van der Waals surface area contributed by atoms with Gasteiger partial charge in [-0.05, 0) is 65.3 Å². The lowest BCUT2D eigenvalue weighted by molar-refractivity contribution is -0.142. The molecule has 14 heteroatoms. The third kappa shape index (κ3) is 7.61. The molecule has 2 heterocycles. The maximum atomic E-state index is 14.6. The molecule has 2 saturated carbocycles. The highest BCUT2D eigenvalue weighted by Crippen LogP contribution is 2.46. The van der Waals surface area contributed by atoms with Gasteiger partial charge in [-0.25, -0.2) is 13.2 Å². The van der Waals surface area contributed by atoms with E-state index in [1.165, 1.54) is 11.0 Å². The number of fused-ring (bicyclic) bond motifs is 7. The van der Waals surface area contributed by atoms with Gasteiger partial charge in [-0.2, -0.15) is 0 Å². The van der Waals surface area contributed by atoms with Gasteiger partial charge in [0.05, 0.1) is 25.0 Å². The predicted molar refractivity (Wildman–Crippen MR) is 201 cm³/mol. The van der Waals surface area contributed by atoms with Crippen molar-refractivity contribution in [2.75, 3.05) is 19.8 Å². The maximum absolute atomic E-state index is 14.6. The number of hydrogen-bond acceptors (Lipinski definition) is 9. The summed E-state index contributed by atoms with van der Waals surface area (Å²) in [6.07, 6.45) is 1.54. The van der Waals surface area contributed by atoms with Crippen molar-refractivity contribution in [2.24, 2.45) is 11.3 Å². The third-order valence-corrected chi connectivity index (χ3v) is 12.4. The van der Waals surface area contributed by atoms with Crippen LogP contribution in [0.4, 0.5) is 4.79 Å². The first-order valence-electron chi connectivity index (χ1n) is 18.4. The molecule has 4 aliphatic rings. The molecule has 5 atom stereocenters. The van der Waals surface area contributed by atoms with Crippen LogP contribution in [0.5, 0.6) is 11.5 Å². The molecule has 4 bridgehead atoms. The van der Waals surface area contributed by atoms with Crippen molar-refractivity contribution in [3.05, 3.63) is 73.3 Å². The standard InChI is InChI=1S/C40H46N4O9S/c1-5-27-22-40(27,37(47)43-54(49,50)30-14-15-30)42-35(45)32-21-29-23-44(32)36(46)34(39(2,3)4)41-38(48)52-17-9-16-51-28-13-8-12-26(18-28)31-19-24-10-6-7-11-25(24)20-33(31)53-29/h5-8,10-13,18-20,27,29-30,32,34H,1,9,14-17,21-23H2,2-4H3,(H,41,48)(H,42,45)(H,43,47)/t27-,29?,32+,34-,40?/m1/s1. The number of nitrogens with zero attached hydrogens (tertiary/aromatic N) is 1. The largest absolute Gasteiger partial charge is 0.493 e. The van der Waals surface area contributed by atoms with Crippen molar-refractivity contribution in [2.45, 2.75) is 81.9 Å². The highest BCUT2D eigenvalue weighted by molar-refractivity contribution is 7.91. The molecular weight excluding hydrogens is 713 g/mol. The summed E-state index contributed by atoms with van der Waals surface area (Å²) in [6, 6.07) is 17.2. The molecule has 2 aliphatic heterocycles. The average Bonchev–Trinajstić information content (AvgIpc) is 4.06. The quantitative estimate of drug-likeness (QED) is 0.308. The number of nitrogens with one attached hydrogen (secondary N) is 3. The van der Waals surface area contributed by atoms with Crippen molar-refractivity contribution in [3.8, 4) is 22.6 Å². The summed E-state index contributed by atoms with van der Waals surface area (Å²) in [6.45, 7) is 9.48. The second-order valence-corrected chi connectivity index (χ2v) is 17.6. The van der Waals surface area contributed by atoms with Gasteiger partial charge in [-0.1, -0.05) is 63.2 Å². The number of benzene rings is 3. The number of amides is 4. The van der Waals surface area contributed by atoms with Gasteiger partial charge >= 0.3 is 6.09 Å². The molecular formula is C40H46N4O9S. The Morgan fingerprint density at radius 3 is 2.41 bits per heavy atom. The van der Waals surface area contributed by atoms with Crippen LogP contribution >= 0.6 is 0 Å². The fraction of sp³-hybridized carbons (Fsp3) is 0.450. The zero-order valence-electron chi connectivity index (χ0n) is 30.6. The number of carbonyl (C=O) groups excluding carboxylic acids is 4. The van der Waals surface area contributed by atoms with E-state index in [4.69, 9.17) is 14.2 Å². The minimum absolute atomic E-state index is 0.0181. The van der Waals surface area contributed by atoms with Crippen LogP contribution in [0.15, 0.2) is 73.3 Å². The minimum atomic E-state index is -3.90. The van der Waals surface area contributed by atoms with Gasteiger partial charge in [0.25, 0.3) is 5.91 Å². The summed E-state index contributed by atoms with van der Waals surface area (Å²) in [4.78, 5) is 56.9. The monoisotopic (exact) mass is 758 g/mol. The number of sulfonamides is 1. The van der Waals surface area contributed by atoms with Gasteiger partial charge in [-0.15, -0.1) is 6.58 Å². The summed E-state index contributed by atoms with van der Waals surface area (Å²) < 4.78 is 45.8. The smallest absolute Gasteiger partial charge is 0.407 e. The van der Waals surface area contributed by atoms with E-state index >= 15 is 0 Å². The number of rotatable bonds is 6. The third-order valence-electron chi connectivity index (χ3n) is 10.5. The summed E-state index contributed by atoms with van der Waals surface area (Å²) >= 11 is 0. The highest BCUT2D eigenvalue weighted by atomic mass is 32.2. The van der Waals surface area contributed by atoms with Gasteiger partial charge in [0.1, 0.15) is 35.2 Å². The van der Waals surface area contributed by atoms with Crippen LogP contribution in [0.1, 0.15) is 52.9 Å². The Kier molecular flexibility index (Phi) is 9.84. The van der Waals surface area contributed by atoms with E-state index in [-0.39, 0.29) is 32.6 Å². The van der Waals surface area contributed by atoms with E-state index in [2.05, 4.69) is 21.9 Å². The predicted octanol–water partition coefficient (Wildman–Crippen LogP) is 4.45. The van der Waals surface area contributed by atoms with Crippen LogP contribution in [-0.4, -0.2) is 85.9 Å². The van der Waals surface area contributed by atoms with Crippen LogP contribution in [0.3, 0.4) is 0 Å². The topological polar surface area (TPSA) is 169 Å². The lowest BCUT2D eigenvalue weighted by Gasteiger charge is -2.35. The summed E-state index contributed by atoms with van der Waals surface area (Å²) in [5.41, 5.74) is -0.744. The number of cyclic esters (lactones) is 1. The second-order valence-electron chi connectivity index (χ2n) is 15.7. The first-order valence-corrected chi connectivity index (χ1v) is 19.9. The van der Waals surface area contributed by atoms with Gasteiger partial charge < -0.3 is 29.7 Å². The van der Waals surface area contributed by atoms with Gasteiger partial charge in [-0.3, -0.25) is 19.1 Å². The molecule has 4 amide bonds. The van der Waals surface area contributed by atoms with E-state index in [0.717, 1.165) is 21.9 Å². The fourth-order valence-corrected chi connectivity index (χ4v) is 8.62. The first-order chi connectivity index (χ1) is 25.7.